The molecule has 12 nitrogen and oxygen atoms in total. The Bertz CT molecular complexity index is 904. The van der Waals surface area contributed by atoms with Crippen molar-refractivity contribution in [2.45, 2.75) is 141 Å². The normalized spacial score (nSPS) is 16.2. The zero-order valence-electron chi connectivity index (χ0n) is 27.0. The molecule has 44 heavy (non-hydrogen) atoms. The highest BCUT2D eigenvalue weighted by atomic mass is 16.7. The number of amides is 2. The van der Waals surface area contributed by atoms with Gasteiger partial charge in [0, 0.05) is 40.8 Å². The van der Waals surface area contributed by atoms with Gasteiger partial charge in [0.15, 0.2) is 11.5 Å². The fraction of sp³-hybridized carbons (Fsp3) is 0.750. The Morgan fingerprint density at radius 2 is 0.909 bits per heavy atom. The monoisotopic (exact) mass is 624 g/mol. The number of hydrogen-bond acceptors (Lipinski definition) is 10. The Morgan fingerprint density at radius 3 is 1.25 bits per heavy atom. The Morgan fingerprint density at radius 1 is 0.568 bits per heavy atom. The third-order valence-electron chi connectivity index (χ3n) is 7.17. The van der Waals surface area contributed by atoms with Crippen LogP contribution in [-0.2, 0) is 38.0 Å². The van der Waals surface area contributed by atoms with Gasteiger partial charge in [-0.25, -0.2) is 19.2 Å². The highest BCUT2D eigenvalue weighted by Gasteiger charge is 2.31. The second kappa shape index (κ2) is 18.4. The van der Waals surface area contributed by atoms with Crippen molar-refractivity contribution in [3.05, 3.63) is 24.7 Å². The number of alkyl carbamates (subject to hydrolysis) is 2. The second-order valence-electron chi connectivity index (χ2n) is 12.2. The third-order valence-corrected chi connectivity index (χ3v) is 7.17. The van der Waals surface area contributed by atoms with E-state index < -0.39 is 35.7 Å². The van der Waals surface area contributed by atoms with Gasteiger partial charge < -0.3 is 39.1 Å². The van der Waals surface area contributed by atoms with Gasteiger partial charge >= 0.3 is 24.1 Å². The lowest BCUT2D eigenvalue weighted by atomic mass is 9.98. The van der Waals surface area contributed by atoms with Crippen molar-refractivity contribution in [3.63, 3.8) is 0 Å². The van der Waals surface area contributed by atoms with E-state index in [9.17, 15) is 19.2 Å². The summed E-state index contributed by atoms with van der Waals surface area (Å²) in [5, 5.41) is 5.27. The molecule has 2 aliphatic carbocycles. The fourth-order valence-corrected chi connectivity index (χ4v) is 4.97. The molecule has 12 heteroatoms. The summed E-state index contributed by atoms with van der Waals surface area (Å²) in [6.07, 6.45) is 11.5. The van der Waals surface area contributed by atoms with Crippen LogP contribution in [0.2, 0.25) is 0 Å². The smallest absolute Gasteiger partial charge is 0.410 e. The van der Waals surface area contributed by atoms with Crippen molar-refractivity contribution in [2.24, 2.45) is 0 Å². The molecule has 0 unspecified atom stereocenters. The van der Waals surface area contributed by atoms with E-state index in [2.05, 4.69) is 23.8 Å². The van der Waals surface area contributed by atoms with E-state index in [4.69, 9.17) is 28.4 Å². The Kier molecular flexibility index (Phi) is 15.4. The summed E-state index contributed by atoms with van der Waals surface area (Å²) in [5.74, 6) is -4.70. The van der Waals surface area contributed by atoms with Crippen molar-refractivity contribution in [3.8, 4) is 0 Å². The average molecular weight is 625 g/mol. The summed E-state index contributed by atoms with van der Waals surface area (Å²) < 4.78 is 32.2. The maximum atomic E-state index is 12.3. The van der Waals surface area contributed by atoms with Gasteiger partial charge in [-0.2, -0.15) is 0 Å². The second-order valence-corrected chi connectivity index (χ2v) is 12.2. The molecule has 2 saturated carbocycles. The van der Waals surface area contributed by atoms with E-state index in [-0.39, 0.29) is 23.7 Å². The van der Waals surface area contributed by atoms with Gasteiger partial charge in [0.25, 0.3) is 11.6 Å². The zero-order chi connectivity index (χ0) is 32.6. The van der Waals surface area contributed by atoms with Crippen molar-refractivity contribution >= 4 is 24.1 Å². The van der Waals surface area contributed by atoms with E-state index >= 15 is 0 Å². The largest absolute Gasteiger partial charge is 0.484 e. The minimum absolute atomic E-state index is 0.0400. The number of ether oxygens (including phenoxy) is 6. The number of carbonyl (C=O) groups excluding carboxylic acids is 4. The van der Waals surface area contributed by atoms with Crippen molar-refractivity contribution in [2.75, 3.05) is 13.1 Å². The lowest BCUT2D eigenvalue weighted by Crippen LogP contribution is -2.39. The highest BCUT2D eigenvalue weighted by molar-refractivity contribution is 5.86. The van der Waals surface area contributed by atoms with Crippen LogP contribution < -0.4 is 10.6 Å². The molecule has 0 radical (unpaired) electrons. The molecule has 2 N–H and O–H groups in total. The molecule has 0 saturated heterocycles. The van der Waals surface area contributed by atoms with Crippen LogP contribution in [-0.4, -0.2) is 61.0 Å². The van der Waals surface area contributed by atoms with Gasteiger partial charge in [0.1, 0.15) is 0 Å². The molecule has 0 atom stereocenters. The quantitative estimate of drug-likeness (QED) is 0.0622. The first-order chi connectivity index (χ1) is 20.8. The van der Waals surface area contributed by atoms with E-state index in [1.165, 1.54) is 27.7 Å². The van der Waals surface area contributed by atoms with Crippen LogP contribution in [0.15, 0.2) is 24.7 Å². The van der Waals surface area contributed by atoms with Crippen LogP contribution >= 0.6 is 0 Å². The molecule has 250 valence electrons. The van der Waals surface area contributed by atoms with Crippen LogP contribution in [0.5, 0.6) is 0 Å². The van der Waals surface area contributed by atoms with Crippen LogP contribution in [0, 0.1) is 0 Å². The molecule has 2 amide bonds. The van der Waals surface area contributed by atoms with E-state index in [0.717, 1.165) is 77.0 Å². The van der Waals surface area contributed by atoms with Crippen LogP contribution in [0.3, 0.4) is 0 Å². The predicted molar refractivity (Wildman–Crippen MR) is 162 cm³/mol. The summed E-state index contributed by atoms with van der Waals surface area (Å²) in [6.45, 7) is 13.9. The minimum Gasteiger partial charge on any atom is -0.484 e. The summed E-state index contributed by atoms with van der Waals surface area (Å²) >= 11 is 0. The number of esters is 2. The van der Waals surface area contributed by atoms with Gasteiger partial charge in [0.2, 0.25) is 0 Å². The van der Waals surface area contributed by atoms with E-state index in [0.29, 0.717) is 25.9 Å². The molecule has 0 heterocycles. The summed E-state index contributed by atoms with van der Waals surface area (Å²) in [4.78, 5) is 49.0. The highest BCUT2D eigenvalue weighted by Crippen LogP contribution is 2.25. The maximum Gasteiger partial charge on any atom is 0.410 e. The molecule has 2 fully saturated rings. The van der Waals surface area contributed by atoms with E-state index in [1.807, 2.05) is 0 Å². The fourth-order valence-electron chi connectivity index (χ4n) is 4.97. The first-order valence-corrected chi connectivity index (χ1v) is 15.9. The molecule has 0 aliphatic heterocycles. The number of nitrogens with one attached hydrogen (secondary N) is 2. The summed E-state index contributed by atoms with van der Waals surface area (Å²) in [5.41, 5.74) is 0. The molecule has 0 aromatic carbocycles. The number of unbranched alkanes of at least 4 members (excludes halogenated alkanes) is 3. The Balaban J connectivity index is 1.51. The van der Waals surface area contributed by atoms with Gasteiger partial charge in [-0.3, -0.25) is 0 Å². The Hall–Kier alpha value is -3.44. The average Bonchev–Trinajstić information content (AvgIpc) is 2.94. The predicted octanol–water partition coefficient (Wildman–Crippen LogP) is 6.28. The number of hydrogen-bond donors (Lipinski definition) is 2. The topological polar surface area (TPSA) is 148 Å². The Labute approximate surface area is 261 Å². The van der Waals surface area contributed by atoms with Gasteiger partial charge in [0.05, 0.1) is 12.2 Å². The zero-order valence-corrected chi connectivity index (χ0v) is 27.0. The van der Waals surface area contributed by atoms with Crippen LogP contribution in [0.4, 0.5) is 9.59 Å². The lowest BCUT2D eigenvalue weighted by molar-refractivity contribution is -0.196. The van der Waals surface area contributed by atoms with Gasteiger partial charge in [-0.05, 0) is 77.4 Å². The summed E-state index contributed by atoms with van der Waals surface area (Å²) in [7, 11) is 0. The van der Waals surface area contributed by atoms with Crippen LogP contribution in [0.1, 0.15) is 118 Å². The van der Waals surface area contributed by atoms with Gasteiger partial charge in [-0.15, -0.1) is 0 Å². The maximum absolute atomic E-state index is 12.3. The molecule has 2 rings (SSSR count). The van der Waals surface area contributed by atoms with Crippen molar-refractivity contribution in [1.29, 1.82) is 0 Å². The van der Waals surface area contributed by atoms with Gasteiger partial charge in [-0.1, -0.05) is 25.7 Å². The molecule has 0 spiro atoms. The lowest BCUT2D eigenvalue weighted by Gasteiger charge is -2.27. The molecular formula is C32H52N2O10. The number of rotatable bonds is 17. The first-order valence-electron chi connectivity index (χ1n) is 15.9. The molecule has 0 bridgehead atoms. The van der Waals surface area contributed by atoms with Crippen LogP contribution in [0.25, 0.3) is 0 Å². The first kappa shape index (κ1) is 36.8. The molecule has 2 aliphatic rings. The minimum atomic E-state index is -1.50. The third kappa shape index (κ3) is 15.3. The SMILES string of the molecule is C=C(OC1CCCCC1)C(=O)OC(C)(C)OC(=O)NCCCCCCNC(=O)OC(C)(C)OC(=O)C(=C)OC1CCCCC1. The molecular weight excluding hydrogens is 572 g/mol. The standard InChI is InChI=1S/C32H52N2O10/c1-23(39-25-17-11-9-12-18-25)27(35)41-31(3,4)43-29(37)33-21-15-7-8-16-22-34-30(38)44-32(5,6)42-28(36)24(2)40-26-19-13-10-14-20-26/h25-26H,1-2,7-22H2,3-6H3,(H,33,37)(H,34,38). The van der Waals surface area contributed by atoms with E-state index in [1.54, 1.807) is 0 Å². The van der Waals surface area contributed by atoms with Crippen molar-refractivity contribution < 1.29 is 47.6 Å². The summed E-state index contributed by atoms with van der Waals surface area (Å²) in [6, 6.07) is 0. The van der Waals surface area contributed by atoms with Crippen molar-refractivity contribution in [1.82, 2.24) is 10.6 Å². The molecule has 0 aromatic heterocycles. The number of carbonyl (C=O) groups is 4. The molecule has 0 aromatic rings.